The van der Waals surface area contributed by atoms with Crippen molar-refractivity contribution in [3.63, 3.8) is 0 Å². The third-order valence-electron chi connectivity index (χ3n) is 6.13. The van der Waals surface area contributed by atoms with E-state index in [1.165, 1.54) is 22.9 Å². The second-order valence-electron chi connectivity index (χ2n) is 9.77. The van der Waals surface area contributed by atoms with Crippen LogP contribution in [-0.4, -0.2) is 26.3 Å². The molecule has 0 atom stereocenters. The third-order valence-corrected chi connectivity index (χ3v) is 7.06. The van der Waals surface area contributed by atoms with E-state index < -0.39 is 0 Å². The fourth-order valence-corrected chi connectivity index (χ4v) is 4.78. The van der Waals surface area contributed by atoms with E-state index in [4.69, 9.17) is 0 Å². The summed E-state index contributed by atoms with van der Waals surface area (Å²) >= 11 is 1.43. The summed E-state index contributed by atoms with van der Waals surface area (Å²) in [5.74, 6) is 1.17. The van der Waals surface area contributed by atoms with Gasteiger partial charge in [0.15, 0.2) is 16.8 Å². The summed E-state index contributed by atoms with van der Waals surface area (Å²) in [6.07, 6.45) is 0. The molecule has 34 heavy (non-hydrogen) atoms. The molecule has 0 bridgehead atoms. The number of hydrogen-bond acceptors (Lipinski definition) is 4. The summed E-state index contributed by atoms with van der Waals surface area (Å²) in [7, 11) is 0. The molecule has 0 radical (unpaired) electrons. The number of thioether (sulfide) groups is 1. The zero-order valence-electron chi connectivity index (χ0n) is 20.7. The van der Waals surface area contributed by atoms with E-state index in [0.29, 0.717) is 10.9 Å². The number of ketones is 1. The van der Waals surface area contributed by atoms with Crippen molar-refractivity contribution >= 4 is 17.5 Å². The third kappa shape index (κ3) is 5.00. The largest absolute Gasteiger partial charge is 0.293 e. The van der Waals surface area contributed by atoms with Crippen LogP contribution in [0.15, 0.2) is 71.9 Å². The van der Waals surface area contributed by atoms with Gasteiger partial charge in [0.25, 0.3) is 0 Å². The SMILES string of the molecule is Cc1cc(C)c(C(=O)CSc2nnc(-c3ccc(C(C)(C)C)cc3)n2-c2ccccc2)cc1C. The van der Waals surface area contributed by atoms with Crippen LogP contribution in [0.4, 0.5) is 0 Å². The van der Waals surface area contributed by atoms with Crippen LogP contribution in [0.5, 0.6) is 0 Å². The molecular weight excluding hydrogens is 438 g/mol. The van der Waals surface area contributed by atoms with Crippen LogP contribution in [0.2, 0.25) is 0 Å². The summed E-state index contributed by atoms with van der Waals surface area (Å²) in [6, 6.07) is 22.6. The Bertz CT molecular complexity index is 1320. The van der Waals surface area contributed by atoms with Gasteiger partial charge in [-0.05, 0) is 66.6 Å². The highest BCUT2D eigenvalue weighted by Gasteiger charge is 2.20. The zero-order valence-corrected chi connectivity index (χ0v) is 21.5. The smallest absolute Gasteiger partial charge is 0.196 e. The molecule has 0 aliphatic heterocycles. The van der Waals surface area contributed by atoms with Crippen molar-refractivity contribution in [2.45, 2.75) is 52.1 Å². The molecule has 0 aliphatic rings. The Labute approximate surface area is 206 Å². The Balaban J connectivity index is 1.67. The quantitative estimate of drug-likeness (QED) is 0.223. The molecule has 0 saturated heterocycles. The fraction of sp³-hybridized carbons (Fsp3) is 0.276. The molecule has 1 heterocycles. The normalized spacial score (nSPS) is 11.6. The molecule has 0 N–H and O–H groups in total. The van der Waals surface area contributed by atoms with Crippen LogP contribution in [0.3, 0.4) is 0 Å². The first-order valence-corrected chi connectivity index (χ1v) is 12.5. The molecule has 1 aromatic heterocycles. The van der Waals surface area contributed by atoms with Gasteiger partial charge in [0.1, 0.15) is 0 Å². The Hall–Kier alpha value is -3.18. The predicted molar refractivity (Wildman–Crippen MR) is 141 cm³/mol. The second-order valence-corrected chi connectivity index (χ2v) is 10.7. The number of aromatic nitrogens is 3. The van der Waals surface area contributed by atoms with Gasteiger partial charge in [-0.3, -0.25) is 9.36 Å². The molecule has 0 amide bonds. The number of para-hydroxylation sites is 1. The van der Waals surface area contributed by atoms with Gasteiger partial charge in [-0.2, -0.15) is 0 Å². The number of carbonyl (C=O) groups excluding carboxylic acids is 1. The molecule has 4 rings (SSSR count). The first-order chi connectivity index (χ1) is 16.1. The van der Waals surface area contributed by atoms with Crippen molar-refractivity contribution < 1.29 is 4.79 Å². The molecule has 4 aromatic rings. The molecule has 3 aromatic carbocycles. The van der Waals surface area contributed by atoms with Crippen LogP contribution in [0, 0.1) is 20.8 Å². The second kappa shape index (κ2) is 9.59. The Morgan fingerprint density at radius 2 is 1.50 bits per heavy atom. The fourth-order valence-electron chi connectivity index (χ4n) is 3.95. The topological polar surface area (TPSA) is 47.8 Å². The molecule has 0 saturated carbocycles. The van der Waals surface area contributed by atoms with Crippen molar-refractivity contribution in [2.24, 2.45) is 0 Å². The van der Waals surface area contributed by atoms with Gasteiger partial charge < -0.3 is 0 Å². The van der Waals surface area contributed by atoms with Crippen LogP contribution in [0.1, 0.15) is 53.4 Å². The van der Waals surface area contributed by atoms with Crippen LogP contribution in [0.25, 0.3) is 17.1 Å². The highest BCUT2D eigenvalue weighted by molar-refractivity contribution is 7.99. The van der Waals surface area contributed by atoms with Crippen LogP contribution in [-0.2, 0) is 5.41 Å². The highest BCUT2D eigenvalue weighted by Crippen LogP contribution is 2.30. The minimum absolute atomic E-state index is 0.0828. The maximum absolute atomic E-state index is 13.1. The lowest BCUT2D eigenvalue weighted by molar-refractivity contribution is 0.102. The van der Waals surface area contributed by atoms with E-state index in [2.05, 4.69) is 68.2 Å². The summed E-state index contributed by atoms with van der Waals surface area (Å²) < 4.78 is 2.04. The first kappa shape index (κ1) is 24.0. The van der Waals surface area contributed by atoms with Crippen molar-refractivity contribution in [1.82, 2.24) is 14.8 Å². The van der Waals surface area contributed by atoms with Gasteiger partial charge in [0.05, 0.1) is 5.75 Å². The van der Waals surface area contributed by atoms with Gasteiger partial charge in [0.2, 0.25) is 0 Å². The average molecular weight is 470 g/mol. The lowest BCUT2D eigenvalue weighted by atomic mass is 9.87. The van der Waals surface area contributed by atoms with E-state index in [1.54, 1.807) is 0 Å². The van der Waals surface area contributed by atoms with Crippen LogP contribution >= 0.6 is 11.8 Å². The lowest BCUT2D eigenvalue weighted by Gasteiger charge is -2.19. The Morgan fingerprint density at radius 3 is 2.15 bits per heavy atom. The molecule has 4 nitrogen and oxygen atoms in total. The maximum atomic E-state index is 13.1. The van der Waals surface area contributed by atoms with Crippen molar-refractivity contribution in [3.8, 4) is 17.1 Å². The first-order valence-electron chi connectivity index (χ1n) is 11.5. The van der Waals surface area contributed by atoms with E-state index >= 15 is 0 Å². The van der Waals surface area contributed by atoms with Gasteiger partial charge in [-0.15, -0.1) is 10.2 Å². The Kier molecular flexibility index (Phi) is 6.76. The molecule has 0 spiro atoms. The van der Waals surface area contributed by atoms with E-state index in [0.717, 1.165) is 33.8 Å². The van der Waals surface area contributed by atoms with E-state index in [-0.39, 0.29) is 11.2 Å². The van der Waals surface area contributed by atoms with Gasteiger partial charge in [0, 0.05) is 16.8 Å². The number of aryl methyl sites for hydroxylation is 3. The number of Topliss-reactive ketones (excluding diaryl/α,β-unsaturated/α-hetero) is 1. The van der Waals surface area contributed by atoms with Crippen molar-refractivity contribution in [3.05, 3.63) is 94.5 Å². The number of hydrogen-bond donors (Lipinski definition) is 0. The van der Waals surface area contributed by atoms with Gasteiger partial charge in [-0.25, -0.2) is 0 Å². The van der Waals surface area contributed by atoms with E-state index in [9.17, 15) is 4.79 Å². The summed E-state index contributed by atoms with van der Waals surface area (Å²) in [5, 5.41) is 9.72. The van der Waals surface area contributed by atoms with E-state index in [1.807, 2.05) is 54.8 Å². The summed E-state index contributed by atoms with van der Waals surface area (Å²) in [6.45, 7) is 12.7. The van der Waals surface area contributed by atoms with Gasteiger partial charge >= 0.3 is 0 Å². The van der Waals surface area contributed by atoms with Crippen LogP contribution < -0.4 is 0 Å². The minimum Gasteiger partial charge on any atom is -0.293 e. The summed E-state index contributed by atoms with van der Waals surface area (Å²) in [4.78, 5) is 13.1. The molecule has 0 fully saturated rings. The summed E-state index contributed by atoms with van der Waals surface area (Å²) in [5.41, 5.74) is 7.44. The lowest BCUT2D eigenvalue weighted by Crippen LogP contribution is -2.10. The molecule has 5 heteroatoms. The number of carbonyl (C=O) groups is 1. The van der Waals surface area contributed by atoms with Gasteiger partial charge in [-0.1, -0.05) is 81.1 Å². The Morgan fingerprint density at radius 1 is 0.853 bits per heavy atom. The minimum atomic E-state index is 0.0828. The molecular formula is C29H31N3OS. The molecule has 0 aliphatic carbocycles. The number of benzene rings is 3. The zero-order chi connectivity index (χ0) is 24.5. The van der Waals surface area contributed by atoms with Crippen molar-refractivity contribution in [1.29, 1.82) is 0 Å². The van der Waals surface area contributed by atoms with Crippen molar-refractivity contribution in [2.75, 3.05) is 5.75 Å². The number of rotatable bonds is 6. The number of nitrogens with zero attached hydrogens (tertiary/aromatic N) is 3. The average Bonchev–Trinajstić information content (AvgIpc) is 3.24. The monoisotopic (exact) mass is 469 g/mol. The molecule has 0 unspecified atom stereocenters. The molecule has 174 valence electrons. The highest BCUT2D eigenvalue weighted by atomic mass is 32.2. The predicted octanol–water partition coefficient (Wildman–Crippen LogP) is 7.13. The maximum Gasteiger partial charge on any atom is 0.196 e. The standard InChI is InChI=1S/C29H31N3OS/c1-19-16-21(3)25(17-20(19)2)26(33)18-34-28-31-30-27(32(28)24-10-8-7-9-11-24)22-12-14-23(15-13-22)29(4,5)6/h7-17H,18H2,1-6H3.